The molecular formula is C21H18F4N2O2. The van der Waals surface area contributed by atoms with E-state index in [2.05, 4.69) is 9.97 Å². The number of aliphatic carboxylic acids is 1. The first-order valence-corrected chi connectivity index (χ1v) is 9.18. The van der Waals surface area contributed by atoms with Gasteiger partial charge in [0.15, 0.2) is 0 Å². The number of rotatable bonds is 3. The van der Waals surface area contributed by atoms with Crippen LogP contribution in [0.25, 0.3) is 11.0 Å². The molecule has 29 heavy (non-hydrogen) atoms. The third kappa shape index (κ3) is 3.16. The van der Waals surface area contributed by atoms with E-state index >= 15 is 0 Å². The minimum absolute atomic E-state index is 0.171. The molecule has 2 N–H and O–H groups in total. The Bertz CT molecular complexity index is 1110. The van der Waals surface area contributed by atoms with Crippen LogP contribution in [0.5, 0.6) is 0 Å². The smallest absolute Gasteiger partial charge is 0.449 e. The van der Waals surface area contributed by atoms with E-state index in [9.17, 15) is 27.5 Å². The Morgan fingerprint density at radius 3 is 2.72 bits per heavy atom. The van der Waals surface area contributed by atoms with Crippen molar-refractivity contribution in [3.05, 3.63) is 64.7 Å². The minimum Gasteiger partial charge on any atom is -0.481 e. The number of aromatic amines is 1. The summed E-state index contributed by atoms with van der Waals surface area (Å²) >= 11 is 0. The number of benzene rings is 2. The molecular weight excluding hydrogens is 388 g/mol. The Morgan fingerprint density at radius 2 is 2.03 bits per heavy atom. The average molecular weight is 406 g/mol. The lowest BCUT2D eigenvalue weighted by Crippen LogP contribution is -2.34. The van der Waals surface area contributed by atoms with Crippen LogP contribution in [0.1, 0.15) is 47.7 Å². The highest BCUT2D eigenvalue weighted by molar-refractivity contribution is 5.83. The predicted molar refractivity (Wildman–Crippen MR) is 98.1 cm³/mol. The number of fused-ring (bicyclic) bond motifs is 1. The number of hydrogen-bond acceptors (Lipinski definition) is 2. The fourth-order valence-corrected chi connectivity index (χ4v) is 4.43. The Kier molecular flexibility index (Phi) is 4.40. The highest BCUT2D eigenvalue weighted by Crippen LogP contribution is 2.50. The summed E-state index contributed by atoms with van der Waals surface area (Å²) in [4.78, 5) is 18.1. The Labute approximate surface area is 163 Å². The van der Waals surface area contributed by atoms with Crippen molar-refractivity contribution < 1.29 is 27.5 Å². The van der Waals surface area contributed by atoms with Crippen molar-refractivity contribution in [1.82, 2.24) is 9.97 Å². The van der Waals surface area contributed by atoms with Gasteiger partial charge in [0.25, 0.3) is 0 Å². The standard InChI is InChI=1S/C21H18F4N2O2/c1-11-14(3-2-4-15(11)22)20(19(28)29)8-7-13(10-20)12-5-6-16-17(9-12)27-18(26-16)21(23,24)25/h2-6,9,13H,7-8,10H2,1H3,(H,26,27)(H,28,29)/t13?,20-/m0/s1. The fraction of sp³-hybridized carbons (Fsp3) is 0.333. The van der Waals surface area contributed by atoms with Gasteiger partial charge in [0.2, 0.25) is 5.82 Å². The summed E-state index contributed by atoms with van der Waals surface area (Å²) in [5.41, 5.74) is 0.738. The lowest BCUT2D eigenvalue weighted by molar-refractivity contribution is -0.144. The normalized spacial score (nSPS) is 22.3. The largest absolute Gasteiger partial charge is 0.481 e. The van der Waals surface area contributed by atoms with Gasteiger partial charge in [0.05, 0.1) is 16.4 Å². The number of alkyl halides is 3. The number of hydrogen-bond donors (Lipinski definition) is 2. The van der Waals surface area contributed by atoms with E-state index in [4.69, 9.17) is 0 Å². The molecule has 1 aliphatic rings. The van der Waals surface area contributed by atoms with E-state index in [1.807, 2.05) is 0 Å². The molecule has 1 fully saturated rings. The molecule has 0 bridgehead atoms. The lowest BCUT2D eigenvalue weighted by atomic mass is 9.75. The number of carboxylic acid groups (broad SMARTS) is 1. The number of carbonyl (C=O) groups is 1. The first-order valence-electron chi connectivity index (χ1n) is 9.18. The molecule has 0 saturated heterocycles. The number of H-pyrrole nitrogens is 1. The fourth-order valence-electron chi connectivity index (χ4n) is 4.43. The zero-order valence-electron chi connectivity index (χ0n) is 15.5. The molecule has 152 valence electrons. The molecule has 8 heteroatoms. The Balaban J connectivity index is 1.71. The number of nitrogens with one attached hydrogen (secondary N) is 1. The molecule has 1 aromatic heterocycles. The SMILES string of the molecule is Cc1c(F)cccc1[C@]1(C(=O)O)CCC(c2ccc3nc(C(F)(F)F)[nH]c3c2)C1. The van der Waals surface area contributed by atoms with Crippen molar-refractivity contribution in [3.8, 4) is 0 Å². The molecule has 1 heterocycles. The monoisotopic (exact) mass is 406 g/mol. The summed E-state index contributed by atoms with van der Waals surface area (Å²) in [6.45, 7) is 1.57. The van der Waals surface area contributed by atoms with Gasteiger partial charge >= 0.3 is 12.1 Å². The minimum atomic E-state index is -4.57. The van der Waals surface area contributed by atoms with E-state index in [1.165, 1.54) is 18.2 Å². The summed E-state index contributed by atoms with van der Waals surface area (Å²) in [5, 5.41) is 10.00. The summed E-state index contributed by atoms with van der Waals surface area (Å²) < 4.78 is 52.7. The van der Waals surface area contributed by atoms with Gasteiger partial charge < -0.3 is 10.1 Å². The topological polar surface area (TPSA) is 66.0 Å². The van der Waals surface area contributed by atoms with Crippen LogP contribution in [0.15, 0.2) is 36.4 Å². The summed E-state index contributed by atoms with van der Waals surface area (Å²) in [6, 6.07) is 9.23. The molecule has 3 aromatic rings. The number of carboxylic acids is 1. The van der Waals surface area contributed by atoms with Gasteiger partial charge in [-0.3, -0.25) is 4.79 Å². The average Bonchev–Trinajstić information content (AvgIpc) is 3.28. The molecule has 2 atom stereocenters. The Hall–Kier alpha value is -2.90. The first kappa shape index (κ1) is 19.4. The summed E-state index contributed by atoms with van der Waals surface area (Å²) in [7, 11) is 0. The van der Waals surface area contributed by atoms with Gasteiger partial charge in [0, 0.05) is 0 Å². The lowest BCUT2D eigenvalue weighted by Gasteiger charge is -2.27. The number of aromatic nitrogens is 2. The van der Waals surface area contributed by atoms with Crippen LogP contribution in [0, 0.1) is 12.7 Å². The van der Waals surface area contributed by atoms with Crippen molar-refractivity contribution in [3.63, 3.8) is 0 Å². The van der Waals surface area contributed by atoms with Gasteiger partial charge in [-0.25, -0.2) is 9.37 Å². The number of halogens is 4. The maximum atomic E-state index is 14.1. The van der Waals surface area contributed by atoms with Gasteiger partial charge in [-0.15, -0.1) is 0 Å². The van der Waals surface area contributed by atoms with Gasteiger partial charge in [0.1, 0.15) is 5.82 Å². The molecule has 0 spiro atoms. The molecule has 4 nitrogen and oxygen atoms in total. The van der Waals surface area contributed by atoms with Crippen LogP contribution >= 0.6 is 0 Å². The zero-order valence-corrected chi connectivity index (χ0v) is 15.5. The van der Waals surface area contributed by atoms with Gasteiger partial charge in [-0.05, 0) is 67.0 Å². The maximum Gasteiger partial charge on any atom is 0.449 e. The highest BCUT2D eigenvalue weighted by atomic mass is 19.4. The molecule has 4 rings (SSSR count). The second-order valence-electron chi connectivity index (χ2n) is 7.60. The Morgan fingerprint density at radius 1 is 1.28 bits per heavy atom. The van der Waals surface area contributed by atoms with Crippen LogP contribution in [-0.4, -0.2) is 21.0 Å². The summed E-state index contributed by atoms with van der Waals surface area (Å²) in [5.74, 6) is -2.71. The van der Waals surface area contributed by atoms with Gasteiger partial charge in [-0.2, -0.15) is 13.2 Å². The molecule has 1 saturated carbocycles. The van der Waals surface area contributed by atoms with Crippen molar-refractivity contribution in [1.29, 1.82) is 0 Å². The maximum absolute atomic E-state index is 14.1. The third-order valence-corrected chi connectivity index (χ3v) is 5.95. The van der Waals surface area contributed by atoms with Crippen LogP contribution in [0.3, 0.4) is 0 Å². The van der Waals surface area contributed by atoms with E-state index in [0.717, 1.165) is 5.56 Å². The molecule has 1 unspecified atom stereocenters. The van der Waals surface area contributed by atoms with E-state index < -0.39 is 29.2 Å². The van der Waals surface area contributed by atoms with Gasteiger partial charge in [-0.1, -0.05) is 18.2 Å². The zero-order chi connectivity index (χ0) is 21.0. The third-order valence-electron chi connectivity index (χ3n) is 5.95. The quantitative estimate of drug-likeness (QED) is 0.579. The second-order valence-corrected chi connectivity index (χ2v) is 7.60. The highest BCUT2D eigenvalue weighted by Gasteiger charge is 2.48. The van der Waals surface area contributed by atoms with Crippen molar-refractivity contribution in [2.75, 3.05) is 0 Å². The number of imidazole rings is 1. The van der Waals surface area contributed by atoms with Crippen LogP contribution < -0.4 is 0 Å². The van der Waals surface area contributed by atoms with Crippen molar-refractivity contribution >= 4 is 17.0 Å². The van der Waals surface area contributed by atoms with E-state index in [1.54, 1.807) is 25.1 Å². The summed E-state index contributed by atoms with van der Waals surface area (Å²) in [6.07, 6.45) is -3.46. The molecule has 1 aliphatic carbocycles. The molecule has 2 aromatic carbocycles. The molecule has 0 amide bonds. The molecule has 0 radical (unpaired) electrons. The predicted octanol–water partition coefficient (Wildman–Crippen LogP) is 5.32. The first-order chi connectivity index (χ1) is 13.6. The molecule has 0 aliphatic heterocycles. The second kappa shape index (κ2) is 6.57. The van der Waals surface area contributed by atoms with Crippen LogP contribution in [0.2, 0.25) is 0 Å². The van der Waals surface area contributed by atoms with Crippen molar-refractivity contribution in [2.45, 2.75) is 43.7 Å². The number of nitrogens with zero attached hydrogens (tertiary/aromatic N) is 1. The van der Waals surface area contributed by atoms with Crippen LogP contribution in [0.4, 0.5) is 17.6 Å². The van der Waals surface area contributed by atoms with Crippen molar-refractivity contribution in [2.24, 2.45) is 0 Å². The van der Waals surface area contributed by atoms with E-state index in [0.29, 0.717) is 24.0 Å². The van der Waals surface area contributed by atoms with Crippen LogP contribution in [-0.2, 0) is 16.4 Å². The van der Waals surface area contributed by atoms with E-state index in [-0.39, 0.29) is 23.4 Å².